The van der Waals surface area contributed by atoms with Crippen LogP contribution in [0.3, 0.4) is 0 Å². The van der Waals surface area contributed by atoms with Crippen LogP contribution in [0, 0.1) is 0 Å². The van der Waals surface area contributed by atoms with Crippen molar-refractivity contribution >= 4 is 11.6 Å². The first kappa shape index (κ1) is 18.7. The Morgan fingerprint density at radius 1 is 1.21 bits per heavy atom. The second-order valence-corrected chi connectivity index (χ2v) is 6.67. The number of benzene rings is 1. The van der Waals surface area contributed by atoms with Gasteiger partial charge in [0.2, 0.25) is 0 Å². The molecule has 1 fully saturated rings. The SMILES string of the molecule is CCOC(C)(C)C(=O)Nc1ccc(OCCCN2CCCC2)cc1. The molecule has 1 N–H and O–H groups in total. The van der Waals surface area contributed by atoms with Crippen molar-refractivity contribution in [2.75, 3.05) is 38.2 Å². The fourth-order valence-corrected chi connectivity index (χ4v) is 2.83. The topological polar surface area (TPSA) is 50.8 Å². The van der Waals surface area contributed by atoms with E-state index in [4.69, 9.17) is 9.47 Å². The van der Waals surface area contributed by atoms with Gasteiger partial charge in [0, 0.05) is 18.8 Å². The van der Waals surface area contributed by atoms with Gasteiger partial charge in [-0.3, -0.25) is 4.79 Å². The molecule has 0 radical (unpaired) electrons. The van der Waals surface area contributed by atoms with Gasteiger partial charge in [-0.2, -0.15) is 0 Å². The lowest BCUT2D eigenvalue weighted by Gasteiger charge is -2.23. The Hall–Kier alpha value is -1.59. The van der Waals surface area contributed by atoms with Gasteiger partial charge in [0.25, 0.3) is 5.91 Å². The standard InChI is InChI=1S/C19H30N2O3/c1-4-24-19(2,3)18(22)20-16-8-10-17(11-9-16)23-15-7-14-21-12-5-6-13-21/h8-11H,4-7,12-15H2,1-3H3,(H,20,22). The quantitative estimate of drug-likeness (QED) is 0.704. The summed E-state index contributed by atoms with van der Waals surface area (Å²) < 4.78 is 11.2. The van der Waals surface area contributed by atoms with Crippen LogP contribution in [-0.4, -0.2) is 49.3 Å². The number of anilines is 1. The third-order valence-electron chi connectivity index (χ3n) is 4.25. The summed E-state index contributed by atoms with van der Waals surface area (Å²) in [5, 5.41) is 2.87. The molecule has 0 spiro atoms. The minimum atomic E-state index is -0.834. The smallest absolute Gasteiger partial charge is 0.256 e. The van der Waals surface area contributed by atoms with Crippen molar-refractivity contribution in [2.45, 2.75) is 45.6 Å². The van der Waals surface area contributed by atoms with Gasteiger partial charge < -0.3 is 19.7 Å². The highest BCUT2D eigenvalue weighted by Gasteiger charge is 2.27. The first-order chi connectivity index (χ1) is 11.5. The van der Waals surface area contributed by atoms with Crippen molar-refractivity contribution in [1.29, 1.82) is 0 Å². The molecule has 1 saturated heterocycles. The van der Waals surface area contributed by atoms with Crippen LogP contribution >= 0.6 is 0 Å². The maximum absolute atomic E-state index is 12.2. The van der Waals surface area contributed by atoms with Crippen LogP contribution in [0.25, 0.3) is 0 Å². The lowest BCUT2D eigenvalue weighted by atomic mass is 10.1. The molecule has 5 heteroatoms. The van der Waals surface area contributed by atoms with Gasteiger partial charge in [0.1, 0.15) is 11.4 Å². The van der Waals surface area contributed by atoms with Gasteiger partial charge in [-0.25, -0.2) is 0 Å². The Morgan fingerprint density at radius 2 is 1.88 bits per heavy atom. The zero-order valence-corrected chi connectivity index (χ0v) is 15.1. The fraction of sp³-hybridized carbons (Fsp3) is 0.632. The molecule has 24 heavy (non-hydrogen) atoms. The molecule has 1 amide bonds. The normalized spacial score (nSPS) is 15.5. The number of hydrogen-bond acceptors (Lipinski definition) is 4. The molecule has 1 aliphatic heterocycles. The van der Waals surface area contributed by atoms with Crippen molar-refractivity contribution in [2.24, 2.45) is 0 Å². The average Bonchev–Trinajstić information content (AvgIpc) is 3.06. The first-order valence-electron chi connectivity index (χ1n) is 8.92. The van der Waals surface area contributed by atoms with E-state index in [2.05, 4.69) is 10.2 Å². The van der Waals surface area contributed by atoms with Gasteiger partial charge in [0.05, 0.1) is 6.61 Å². The third kappa shape index (κ3) is 5.80. The lowest BCUT2D eigenvalue weighted by Crippen LogP contribution is -2.39. The molecule has 134 valence electrons. The molecule has 0 unspecified atom stereocenters. The fourth-order valence-electron chi connectivity index (χ4n) is 2.83. The summed E-state index contributed by atoms with van der Waals surface area (Å²) in [6.07, 6.45) is 3.70. The highest BCUT2D eigenvalue weighted by molar-refractivity contribution is 5.96. The zero-order valence-electron chi connectivity index (χ0n) is 15.1. The number of amides is 1. The molecular weight excluding hydrogens is 304 g/mol. The maximum atomic E-state index is 12.2. The zero-order chi connectivity index (χ0) is 17.4. The summed E-state index contributed by atoms with van der Waals surface area (Å²) in [7, 11) is 0. The summed E-state index contributed by atoms with van der Waals surface area (Å²) in [6.45, 7) is 10.2. The number of hydrogen-bond donors (Lipinski definition) is 1. The Balaban J connectivity index is 1.72. The first-order valence-corrected chi connectivity index (χ1v) is 8.92. The second-order valence-electron chi connectivity index (χ2n) is 6.67. The van der Waals surface area contributed by atoms with E-state index >= 15 is 0 Å². The van der Waals surface area contributed by atoms with Crippen molar-refractivity contribution in [3.63, 3.8) is 0 Å². The summed E-state index contributed by atoms with van der Waals surface area (Å²) in [5.74, 6) is 0.683. The lowest BCUT2D eigenvalue weighted by molar-refractivity contribution is -0.136. The van der Waals surface area contributed by atoms with E-state index in [0.717, 1.165) is 31.0 Å². The predicted octanol–water partition coefficient (Wildman–Crippen LogP) is 3.30. The number of carbonyl (C=O) groups excluding carboxylic acids is 1. The minimum Gasteiger partial charge on any atom is -0.494 e. The van der Waals surface area contributed by atoms with Crippen LogP contribution in [0.4, 0.5) is 5.69 Å². The van der Waals surface area contributed by atoms with Crippen molar-refractivity contribution in [3.8, 4) is 5.75 Å². The Bertz CT molecular complexity index is 508. The van der Waals surface area contributed by atoms with E-state index in [9.17, 15) is 4.79 Å². The number of ether oxygens (including phenoxy) is 2. The molecule has 0 bridgehead atoms. The molecule has 0 saturated carbocycles. The van der Waals surface area contributed by atoms with E-state index in [-0.39, 0.29) is 5.91 Å². The number of likely N-dealkylation sites (tertiary alicyclic amines) is 1. The summed E-state index contributed by atoms with van der Waals surface area (Å²) in [4.78, 5) is 14.7. The van der Waals surface area contributed by atoms with Gasteiger partial charge in [-0.15, -0.1) is 0 Å². The van der Waals surface area contributed by atoms with Crippen molar-refractivity contribution in [1.82, 2.24) is 4.90 Å². The number of carbonyl (C=O) groups is 1. The monoisotopic (exact) mass is 334 g/mol. The molecule has 1 aliphatic rings. The molecule has 0 atom stereocenters. The van der Waals surface area contributed by atoms with Crippen LogP contribution < -0.4 is 10.1 Å². The molecule has 5 nitrogen and oxygen atoms in total. The van der Waals surface area contributed by atoms with Crippen molar-refractivity contribution < 1.29 is 14.3 Å². The molecule has 0 aliphatic carbocycles. The van der Waals surface area contributed by atoms with Crippen LogP contribution in [0.5, 0.6) is 5.75 Å². The van der Waals surface area contributed by atoms with Gasteiger partial charge in [0.15, 0.2) is 0 Å². The summed E-state index contributed by atoms with van der Waals surface area (Å²) >= 11 is 0. The Kier molecular flexibility index (Phi) is 7.06. The van der Waals surface area contributed by atoms with Crippen LogP contribution in [0.2, 0.25) is 0 Å². The highest BCUT2D eigenvalue weighted by Crippen LogP contribution is 2.18. The number of nitrogens with one attached hydrogen (secondary N) is 1. The summed E-state index contributed by atoms with van der Waals surface area (Å²) in [5.41, 5.74) is -0.0864. The number of nitrogens with zero attached hydrogens (tertiary/aromatic N) is 1. The van der Waals surface area contributed by atoms with E-state index < -0.39 is 5.60 Å². The molecule has 0 aromatic heterocycles. The highest BCUT2D eigenvalue weighted by atomic mass is 16.5. The van der Waals surface area contributed by atoms with E-state index in [1.807, 2.05) is 31.2 Å². The average molecular weight is 334 g/mol. The third-order valence-corrected chi connectivity index (χ3v) is 4.25. The molecule has 1 heterocycles. The van der Waals surface area contributed by atoms with E-state index in [1.54, 1.807) is 13.8 Å². The van der Waals surface area contributed by atoms with Crippen molar-refractivity contribution in [3.05, 3.63) is 24.3 Å². The molecule has 2 rings (SSSR count). The number of rotatable bonds is 9. The van der Waals surface area contributed by atoms with Gasteiger partial charge >= 0.3 is 0 Å². The van der Waals surface area contributed by atoms with Crippen LogP contribution in [0.1, 0.15) is 40.0 Å². The van der Waals surface area contributed by atoms with Gasteiger partial charge in [-0.1, -0.05) is 0 Å². The van der Waals surface area contributed by atoms with E-state index in [0.29, 0.717) is 6.61 Å². The molecule has 1 aromatic rings. The predicted molar refractivity (Wildman–Crippen MR) is 96.6 cm³/mol. The van der Waals surface area contributed by atoms with Gasteiger partial charge in [-0.05, 0) is 77.4 Å². The van der Waals surface area contributed by atoms with Crippen LogP contribution in [0.15, 0.2) is 24.3 Å². The van der Waals surface area contributed by atoms with Crippen LogP contribution in [-0.2, 0) is 9.53 Å². The largest absolute Gasteiger partial charge is 0.494 e. The Labute approximate surface area is 145 Å². The molecule has 1 aromatic carbocycles. The molecular formula is C19H30N2O3. The summed E-state index contributed by atoms with van der Waals surface area (Å²) in [6, 6.07) is 7.49. The maximum Gasteiger partial charge on any atom is 0.256 e. The van der Waals surface area contributed by atoms with E-state index in [1.165, 1.54) is 25.9 Å². The second kappa shape index (κ2) is 9.04. The minimum absolute atomic E-state index is 0.149. The Morgan fingerprint density at radius 3 is 2.50 bits per heavy atom.